The van der Waals surface area contributed by atoms with Gasteiger partial charge in [0.25, 0.3) is 0 Å². The summed E-state index contributed by atoms with van der Waals surface area (Å²) in [5.41, 5.74) is 1.00. The molecule has 1 heterocycles. The van der Waals surface area contributed by atoms with Gasteiger partial charge in [0, 0.05) is 5.56 Å². The summed E-state index contributed by atoms with van der Waals surface area (Å²) in [6, 6.07) is 9.80. The Morgan fingerprint density at radius 2 is 2.07 bits per heavy atom. The van der Waals surface area contributed by atoms with E-state index in [1.165, 1.54) is 0 Å². The Hall–Kier alpha value is -0.900. The highest BCUT2D eigenvalue weighted by molar-refractivity contribution is 5.16. The van der Waals surface area contributed by atoms with Crippen molar-refractivity contribution in [3.05, 3.63) is 35.9 Å². The van der Waals surface area contributed by atoms with Crippen LogP contribution in [0, 0.1) is 0 Å². The van der Waals surface area contributed by atoms with Crippen LogP contribution in [0.3, 0.4) is 0 Å². The van der Waals surface area contributed by atoms with E-state index in [2.05, 4.69) is 0 Å². The minimum Gasteiger partial charge on any atom is -0.388 e. The fraction of sp³-hybridized carbons (Fsp3) is 0.500. The zero-order valence-corrected chi connectivity index (χ0v) is 8.80. The molecule has 0 spiro atoms. The molecule has 1 aliphatic heterocycles. The summed E-state index contributed by atoms with van der Waals surface area (Å²) in [5, 5.41) is 9.58. The van der Waals surface area contributed by atoms with Gasteiger partial charge in [-0.2, -0.15) is 0 Å². The zero-order chi connectivity index (χ0) is 10.7. The summed E-state index contributed by atoms with van der Waals surface area (Å²) >= 11 is 0. The van der Waals surface area contributed by atoms with Crippen LogP contribution < -0.4 is 0 Å². The molecule has 2 rings (SSSR count). The normalized spacial score (nSPS) is 31.5. The molecule has 0 radical (unpaired) electrons. The molecule has 82 valence electrons. The van der Waals surface area contributed by atoms with Crippen molar-refractivity contribution in [2.75, 3.05) is 6.61 Å². The van der Waals surface area contributed by atoms with Gasteiger partial charge in [0.1, 0.15) is 6.10 Å². The fourth-order valence-electron chi connectivity index (χ4n) is 1.74. The minimum atomic E-state index is -0.505. The van der Waals surface area contributed by atoms with Crippen molar-refractivity contribution >= 4 is 0 Å². The van der Waals surface area contributed by atoms with Crippen LogP contribution >= 0.6 is 0 Å². The van der Waals surface area contributed by atoms with E-state index in [4.69, 9.17) is 9.47 Å². The van der Waals surface area contributed by atoms with Gasteiger partial charge >= 0.3 is 0 Å². The van der Waals surface area contributed by atoms with Crippen molar-refractivity contribution in [2.45, 2.75) is 31.8 Å². The first-order valence-electron chi connectivity index (χ1n) is 5.31. The standard InChI is InChI=1S/C12H16O3/c1-2-11-10(13)8-14-12(15-11)9-6-4-3-5-7-9/h3-7,10-13H,2,8H2,1H3/t10-,11-,12?/m0/s1. The summed E-state index contributed by atoms with van der Waals surface area (Å²) in [6.07, 6.45) is -0.160. The highest BCUT2D eigenvalue weighted by Crippen LogP contribution is 2.27. The lowest BCUT2D eigenvalue weighted by Gasteiger charge is -2.33. The molecule has 1 unspecified atom stereocenters. The maximum absolute atomic E-state index is 9.58. The Labute approximate surface area is 89.6 Å². The van der Waals surface area contributed by atoms with Crippen LogP contribution in [0.1, 0.15) is 25.2 Å². The predicted octanol–water partition coefficient (Wildman–Crippen LogP) is 1.87. The van der Waals surface area contributed by atoms with Gasteiger partial charge in [-0.3, -0.25) is 0 Å². The number of hydrogen-bond acceptors (Lipinski definition) is 3. The molecule has 0 amide bonds. The Bertz CT molecular complexity index is 299. The third kappa shape index (κ3) is 2.37. The van der Waals surface area contributed by atoms with Crippen molar-refractivity contribution in [1.29, 1.82) is 0 Å². The third-order valence-corrected chi connectivity index (χ3v) is 2.62. The topological polar surface area (TPSA) is 38.7 Å². The van der Waals surface area contributed by atoms with E-state index in [-0.39, 0.29) is 12.4 Å². The maximum atomic E-state index is 9.58. The molecule has 0 bridgehead atoms. The third-order valence-electron chi connectivity index (χ3n) is 2.62. The van der Waals surface area contributed by atoms with Crippen LogP contribution in [0.2, 0.25) is 0 Å². The van der Waals surface area contributed by atoms with E-state index in [9.17, 15) is 5.11 Å². The largest absolute Gasteiger partial charge is 0.388 e. The number of benzene rings is 1. The SMILES string of the molecule is CC[C@@H]1OC(c2ccccc2)OC[C@@H]1O. The Morgan fingerprint density at radius 3 is 2.73 bits per heavy atom. The Balaban J connectivity index is 2.06. The monoisotopic (exact) mass is 208 g/mol. The molecule has 3 heteroatoms. The second-order valence-corrected chi connectivity index (χ2v) is 3.73. The van der Waals surface area contributed by atoms with E-state index in [1.807, 2.05) is 37.3 Å². The Morgan fingerprint density at radius 1 is 1.33 bits per heavy atom. The molecule has 1 fully saturated rings. The van der Waals surface area contributed by atoms with E-state index in [0.717, 1.165) is 12.0 Å². The van der Waals surface area contributed by atoms with Gasteiger partial charge in [-0.15, -0.1) is 0 Å². The molecule has 15 heavy (non-hydrogen) atoms. The quantitative estimate of drug-likeness (QED) is 0.806. The van der Waals surface area contributed by atoms with E-state index in [0.29, 0.717) is 6.61 Å². The van der Waals surface area contributed by atoms with Crippen LogP contribution in [0.25, 0.3) is 0 Å². The zero-order valence-electron chi connectivity index (χ0n) is 8.80. The van der Waals surface area contributed by atoms with Gasteiger partial charge in [-0.05, 0) is 6.42 Å². The molecule has 3 atom stereocenters. The van der Waals surface area contributed by atoms with Crippen LogP contribution in [0.5, 0.6) is 0 Å². The van der Waals surface area contributed by atoms with Gasteiger partial charge in [0.2, 0.25) is 0 Å². The average Bonchev–Trinajstić information content (AvgIpc) is 2.31. The first kappa shape index (κ1) is 10.6. The molecular formula is C12H16O3. The van der Waals surface area contributed by atoms with Gasteiger partial charge in [0.15, 0.2) is 6.29 Å². The summed E-state index contributed by atoms with van der Waals surface area (Å²) in [6.45, 7) is 2.35. The maximum Gasteiger partial charge on any atom is 0.184 e. The second-order valence-electron chi connectivity index (χ2n) is 3.73. The smallest absolute Gasteiger partial charge is 0.184 e. The molecular weight excluding hydrogens is 192 g/mol. The first-order chi connectivity index (χ1) is 7.31. The van der Waals surface area contributed by atoms with Crippen LogP contribution in [0.4, 0.5) is 0 Å². The molecule has 1 aliphatic rings. The van der Waals surface area contributed by atoms with Crippen LogP contribution in [-0.2, 0) is 9.47 Å². The summed E-state index contributed by atoms with van der Waals surface area (Å²) in [5.74, 6) is 0. The van der Waals surface area contributed by atoms with Crippen molar-refractivity contribution in [3.63, 3.8) is 0 Å². The summed E-state index contributed by atoms with van der Waals surface area (Å²) in [4.78, 5) is 0. The fourth-order valence-corrected chi connectivity index (χ4v) is 1.74. The van der Waals surface area contributed by atoms with Crippen LogP contribution in [-0.4, -0.2) is 23.9 Å². The van der Waals surface area contributed by atoms with E-state index < -0.39 is 6.10 Å². The van der Waals surface area contributed by atoms with Crippen molar-refractivity contribution in [3.8, 4) is 0 Å². The molecule has 1 aromatic rings. The molecule has 0 saturated carbocycles. The van der Waals surface area contributed by atoms with Crippen LogP contribution in [0.15, 0.2) is 30.3 Å². The van der Waals surface area contributed by atoms with Crippen molar-refractivity contribution in [2.24, 2.45) is 0 Å². The number of aliphatic hydroxyl groups excluding tert-OH is 1. The van der Waals surface area contributed by atoms with E-state index in [1.54, 1.807) is 0 Å². The lowest BCUT2D eigenvalue weighted by molar-refractivity contribution is -0.256. The summed E-state index contributed by atoms with van der Waals surface area (Å²) < 4.78 is 11.1. The molecule has 0 aromatic heterocycles. The molecule has 0 aliphatic carbocycles. The second kappa shape index (κ2) is 4.75. The number of hydrogen-bond donors (Lipinski definition) is 1. The predicted molar refractivity (Wildman–Crippen MR) is 56.3 cm³/mol. The van der Waals surface area contributed by atoms with Gasteiger partial charge in [-0.25, -0.2) is 0 Å². The molecule has 1 aromatic carbocycles. The van der Waals surface area contributed by atoms with Crippen molar-refractivity contribution in [1.82, 2.24) is 0 Å². The highest BCUT2D eigenvalue weighted by atomic mass is 16.7. The minimum absolute atomic E-state index is 0.121. The summed E-state index contributed by atoms with van der Waals surface area (Å²) in [7, 11) is 0. The van der Waals surface area contributed by atoms with E-state index >= 15 is 0 Å². The average molecular weight is 208 g/mol. The number of rotatable bonds is 2. The van der Waals surface area contributed by atoms with Gasteiger partial charge < -0.3 is 14.6 Å². The molecule has 1 saturated heterocycles. The lowest BCUT2D eigenvalue weighted by atomic mass is 10.1. The van der Waals surface area contributed by atoms with Gasteiger partial charge in [-0.1, -0.05) is 37.3 Å². The lowest BCUT2D eigenvalue weighted by Crippen LogP contribution is -2.39. The highest BCUT2D eigenvalue weighted by Gasteiger charge is 2.29. The number of ether oxygens (including phenoxy) is 2. The van der Waals surface area contributed by atoms with Crippen molar-refractivity contribution < 1.29 is 14.6 Å². The Kier molecular flexibility index (Phi) is 3.36. The molecule has 1 N–H and O–H groups in total. The van der Waals surface area contributed by atoms with Gasteiger partial charge in [0.05, 0.1) is 12.7 Å². The number of aliphatic hydroxyl groups is 1. The molecule has 3 nitrogen and oxygen atoms in total. The first-order valence-corrected chi connectivity index (χ1v) is 5.31.